The normalized spacial score (nSPS) is 15.8. The number of aliphatic hydroxyl groups is 1. The third kappa shape index (κ3) is 6.96. The Kier molecular flexibility index (Phi) is 10.00. The highest BCUT2D eigenvalue weighted by Gasteiger charge is 2.48. The third-order valence-corrected chi connectivity index (χ3v) is 10.8. The number of amides is 1. The van der Waals surface area contributed by atoms with E-state index in [0.29, 0.717) is 43.6 Å². The van der Waals surface area contributed by atoms with Crippen molar-refractivity contribution in [1.82, 2.24) is 10.2 Å². The zero-order chi connectivity index (χ0) is 32.4. The van der Waals surface area contributed by atoms with E-state index in [2.05, 4.69) is 32.8 Å². The molecule has 1 unspecified atom stereocenters. The minimum absolute atomic E-state index is 0.0304. The first-order valence-corrected chi connectivity index (χ1v) is 17.6. The maximum atomic E-state index is 13.6. The zero-order valence-corrected chi connectivity index (χ0v) is 29.4. The van der Waals surface area contributed by atoms with E-state index in [-0.39, 0.29) is 16.5 Å². The largest absolute Gasteiger partial charge is 0.507 e. The number of hydrogen-bond acceptors (Lipinski definition) is 8. The predicted molar refractivity (Wildman–Crippen MR) is 192 cm³/mol. The fourth-order valence-corrected chi connectivity index (χ4v) is 7.71. The first-order chi connectivity index (χ1) is 22.2. The molecule has 1 aliphatic heterocycles. The van der Waals surface area contributed by atoms with Gasteiger partial charge in [-0.25, -0.2) is 0 Å². The molecule has 0 radical (unpaired) electrons. The van der Waals surface area contributed by atoms with Crippen LogP contribution in [-0.4, -0.2) is 27.0 Å². The van der Waals surface area contributed by atoms with E-state index in [1.807, 2.05) is 61.5 Å². The van der Waals surface area contributed by atoms with Gasteiger partial charge in [0.25, 0.3) is 5.78 Å². The minimum Gasteiger partial charge on any atom is -0.507 e. The van der Waals surface area contributed by atoms with Gasteiger partial charge in [-0.05, 0) is 100 Å². The Labute approximate surface area is 297 Å². The van der Waals surface area contributed by atoms with Crippen molar-refractivity contribution in [2.24, 2.45) is 0 Å². The quantitative estimate of drug-likeness (QED) is 0.0397. The van der Waals surface area contributed by atoms with Crippen molar-refractivity contribution in [2.75, 3.05) is 4.90 Å². The number of carbonyl (C=O) groups is 2. The van der Waals surface area contributed by atoms with Gasteiger partial charge in [0.2, 0.25) is 5.13 Å². The molecule has 1 N–H and O–H groups in total. The minimum atomic E-state index is -0.912. The Morgan fingerprint density at radius 1 is 0.978 bits per heavy atom. The number of aliphatic hydroxyl groups excluding tert-OH is 1. The number of benzene rings is 4. The molecule has 12 heteroatoms. The van der Waals surface area contributed by atoms with Crippen molar-refractivity contribution in [1.29, 1.82) is 0 Å². The molecule has 2 heterocycles. The number of aryl methyl sites for hydroxylation is 1. The molecule has 0 saturated carbocycles. The number of hydrogen-bond donors (Lipinski definition) is 1. The van der Waals surface area contributed by atoms with Crippen LogP contribution in [0.1, 0.15) is 33.9 Å². The Balaban J connectivity index is 1.29. The summed E-state index contributed by atoms with van der Waals surface area (Å²) in [6, 6.07) is 26.6. The van der Waals surface area contributed by atoms with Gasteiger partial charge in [0.15, 0.2) is 4.34 Å². The fraction of sp³-hybridized carbons (Fsp3) is 0.118. The van der Waals surface area contributed by atoms with Crippen LogP contribution in [0.25, 0.3) is 5.76 Å². The molecule has 46 heavy (non-hydrogen) atoms. The highest BCUT2D eigenvalue weighted by Crippen LogP contribution is 2.44. The van der Waals surface area contributed by atoms with Crippen LogP contribution in [-0.2, 0) is 21.9 Å². The van der Waals surface area contributed by atoms with Gasteiger partial charge in [0.1, 0.15) is 18.1 Å². The van der Waals surface area contributed by atoms with Crippen molar-refractivity contribution in [3.05, 3.63) is 138 Å². The second kappa shape index (κ2) is 14.1. The van der Waals surface area contributed by atoms with E-state index in [1.165, 1.54) is 28.0 Å². The first kappa shape index (κ1) is 32.5. The molecule has 5 aromatic rings. The summed E-state index contributed by atoms with van der Waals surface area (Å²) in [5.41, 5.74) is 4.07. The van der Waals surface area contributed by atoms with Gasteiger partial charge in [0.05, 0.1) is 11.6 Å². The number of carbonyl (C=O) groups excluding carboxylic acids is 2. The van der Waals surface area contributed by atoms with Crippen molar-refractivity contribution < 1.29 is 19.4 Å². The van der Waals surface area contributed by atoms with Gasteiger partial charge in [0, 0.05) is 24.9 Å². The van der Waals surface area contributed by atoms with Crippen molar-refractivity contribution in [3.63, 3.8) is 0 Å². The lowest BCUT2D eigenvalue weighted by Gasteiger charge is -2.22. The van der Waals surface area contributed by atoms with E-state index >= 15 is 0 Å². The Morgan fingerprint density at radius 2 is 1.72 bits per heavy atom. The lowest BCUT2D eigenvalue weighted by molar-refractivity contribution is -0.132. The maximum Gasteiger partial charge on any atom is 0.301 e. The monoisotopic (exact) mass is 799 g/mol. The summed E-state index contributed by atoms with van der Waals surface area (Å²) in [6.45, 7) is 2.42. The average Bonchev–Trinajstić information content (AvgIpc) is 3.62. The van der Waals surface area contributed by atoms with Crippen LogP contribution in [0, 0.1) is 10.5 Å². The van der Waals surface area contributed by atoms with E-state index in [1.54, 1.807) is 36.4 Å². The summed E-state index contributed by atoms with van der Waals surface area (Å²) in [4.78, 5) is 28.5. The summed E-state index contributed by atoms with van der Waals surface area (Å²) in [5, 5.41) is 21.4. The molecule has 1 atom stereocenters. The number of anilines is 1. The molecule has 1 aromatic heterocycles. The number of thioether (sulfide) groups is 1. The van der Waals surface area contributed by atoms with E-state index in [0.717, 1.165) is 20.3 Å². The van der Waals surface area contributed by atoms with Crippen molar-refractivity contribution >= 4 is 91.5 Å². The molecule has 232 valence electrons. The highest BCUT2D eigenvalue weighted by atomic mass is 127. The Hall–Kier alpha value is -3.42. The standard InChI is InChI=1S/C34H24Cl2IN3O4S2/c1-19-4-2-3-5-22(19)17-44-26-14-9-21(10-15-26)30(41)28-29(20-7-12-25(37)13-8-20)40(32(43)31(28)42)33-38-39-34(46-33)45-18-23-6-11-24(35)16-27(23)36/h2-16,29,41H,17-18H2,1H3. The molecule has 0 spiro atoms. The number of Topliss-reactive ketones (excluding diaryl/α,β-unsaturated/α-hetero) is 1. The van der Waals surface area contributed by atoms with Crippen molar-refractivity contribution in [3.8, 4) is 5.75 Å². The summed E-state index contributed by atoms with van der Waals surface area (Å²) in [5.74, 6) is -0.774. The van der Waals surface area contributed by atoms with Crippen molar-refractivity contribution in [2.45, 2.75) is 29.7 Å². The fourth-order valence-electron chi connectivity index (χ4n) is 4.92. The number of rotatable bonds is 9. The molecule has 4 aromatic carbocycles. The van der Waals surface area contributed by atoms with Gasteiger partial charge in [-0.15, -0.1) is 10.2 Å². The van der Waals surface area contributed by atoms with Crippen LogP contribution >= 0.6 is 68.9 Å². The zero-order valence-electron chi connectivity index (χ0n) is 24.1. The van der Waals surface area contributed by atoms with Gasteiger partial charge >= 0.3 is 5.91 Å². The van der Waals surface area contributed by atoms with Gasteiger partial charge in [-0.2, -0.15) is 0 Å². The highest BCUT2D eigenvalue weighted by molar-refractivity contribution is 14.1. The van der Waals surface area contributed by atoms with E-state index in [4.69, 9.17) is 27.9 Å². The average molecular weight is 801 g/mol. The van der Waals surface area contributed by atoms with Gasteiger partial charge in [-0.1, -0.05) is 88.8 Å². The molecule has 1 aliphatic rings. The van der Waals surface area contributed by atoms with Gasteiger partial charge < -0.3 is 9.84 Å². The summed E-state index contributed by atoms with van der Waals surface area (Å²) in [6.07, 6.45) is 0. The van der Waals surface area contributed by atoms with Crippen LogP contribution in [0.2, 0.25) is 10.0 Å². The molecule has 0 bridgehead atoms. The van der Waals surface area contributed by atoms with Crippen LogP contribution in [0.15, 0.2) is 101 Å². The lowest BCUT2D eigenvalue weighted by Crippen LogP contribution is -2.29. The van der Waals surface area contributed by atoms with E-state index < -0.39 is 17.7 Å². The molecule has 0 aliphatic carbocycles. The van der Waals surface area contributed by atoms with Crippen LogP contribution in [0.4, 0.5) is 5.13 Å². The lowest BCUT2D eigenvalue weighted by atomic mass is 9.95. The Bertz CT molecular complexity index is 1970. The second-order valence-corrected chi connectivity index (χ2v) is 14.6. The number of nitrogens with zero attached hydrogens (tertiary/aromatic N) is 3. The molecule has 6 rings (SSSR count). The van der Waals surface area contributed by atoms with Crippen LogP contribution in [0.3, 0.4) is 0 Å². The molecular formula is C34H24Cl2IN3O4S2. The third-order valence-electron chi connectivity index (χ3n) is 7.38. The smallest absolute Gasteiger partial charge is 0.301 e. The molecule has 1 amide bonds. The Morgan fingerprint density at radius 3 is 2.43 bits per heavy atom. The predicted octanol–water partition coefficient (Wildman–Crippen LogP) is 9.26. The van der Waals surface area contributed by atoms with Gasteiger partial charge in [-0.3, -0.25) is 14.5 Å². The van der Waals surface area contributed by atoms with E-state index in [9.17, 15) is 14.7 Å². The summed E-state index contributed by atoms with van der Waals surface area (Å²) >= 11 is 17.1. The first-order valence-electron chi connectivity index (χ1n) is 13.9. The van der Waals surface area contributed by atoms with Crippen LogP contribution < -0.4 is 9.64 Å². The molecule has 1 saturated heterocycles. The number of halogens is 3. The SMILES string of the molecule is Cc1ccccc1COc1ccc(C(O)=C2C(=O)C(=O)N(c3nnc(SCc4ccc(Cl)cc4Cl)s3)C2c2ccc(I)cc2)cc1. The molecule has 7 nitrogen and oxygen atoms in total. The number of ether oxygens (including phenoxy) is 1. The molecule has 1 fully saturated rings. The molecular weight excluding hydrogens is 776 g/mol. The topological polar surface area (TPSA) is 92.6 Å². The number of ketones is 1. The van der Waals surface area contributed by atoms with Crippen LogP contribution in [0.5, 0.6) is 5.75 Å². The summed E-state index contributed by atoms with van der Waals surface area (Å²) < 4.78 is 7.52. The second-order valence-electron chi connectivity index (χ2n) is 10.3. The summed E-state index contributed by atoms with van der Waals surface area (Å²) in [7, 11) is 0. The number of aromatic nitrogens is 2. The maximum absolute atomic E-state index is 13.6.